The zero-order valence-electron chi connectivity index (χ0n) is 15.0. The molecule has 9 heteroatoms. The molecule has 0 saturated carbocycles. The average Bonchev–Trinajstić information content (AvgIpc) is 3.24. The fraction of sp³-hybridized carbons (Fsp3) is 0.263. The van der Waals surface area contributed by atoms with E-state index >= 15 is 0 Å². The number of carbonyl (C=O) groups excluding carboxylic acids is 2. The molecule has 0 spiro atoms. The molecular formula is C19H20ClN3O4S. The maximum absolute atomic E-state index is 12.5. The molecule has 2 N–H and O–H groups in total. The number of hydrogen-bond donors (Lipinski definition) is 2. The summed E-state index contributed by atoms with van der Waals surface area (Å²) in [5.41, 5.74) is 1.15. The molecule has 148 valence electrons. The number of nitrogens with one attached hydrogen (secondary N) is 2. The molecule has 1 fully saturated rings. The van der Waals surface area contributed by atoms with Crippen LogP contribution in [0.4, 0.5) is 5.69 Å². The Bertz CT molecular complexity index is 954. The number of carbonyl (C=O) groups is 2. The van der Waals surface area contributed by atoms with E-state index in [0.29, 0.717) is 29.4 Å². The quantitative estimate of drug-likeness (QED) is 0.724. The lowest BCUT2D eigenvalue weighted by Crippen LogP contribution is -2.35. The zero-order chi connectivity index (χ0) is 20.1. The van der Waals surface area contributed by atoms with Gasteiger partial charge in [0.25, 0.3) is 0 Å². The second-order valence-corrected chi connectivity index (χ2v) is 8.77. The van der Waals surface area contributed by atoms with Crippen LogP contribution < -0.4 is 10.6 Å². The number of hydrogen-bond acceptors (Lipinski definition) is 4. The minimum absolute atomic E-state index is 0.108. The van der Waals surface area contributed by atoms with Crippen molar-refractivity contribution >= 4 is 39.1 Å². The largest absolute Gasteiger partial charge is 0.344 e. The summed E-state index contributed by atoms with van der Waals surface area (Å²) >= 11 is 5.77. The minimum Gasteiger partial charge on any atom is -0.344 e. The number of benzene rings is 2. The molecule has 3 rings (SSSR count). The van der Waals surface area contributed by atoms with Crippen LogP contribution in [0.2, 0.25) is 5.02 Å². The topological polar surface area (TPSA) is 95.6 Å². The number of anilines is 1. The van der Waals surface area contributed by atoms with Crippen LogP contribution in [0.5, 0.6) is 0 Å². The predicted octanol–water partition coefficient (Wildman–Crippen LogP) is 2.38. The van der Waals surface area contributed by atoms with Gasteiger partial charge >= 0.3 is 11.8 Å². The van der Waals surface area contributed by atoms with Crippen molar-refractivity contribution in [1.82, 2.24) is 9.62 Å². The molecule has 0 aromatic heterocycles. The fourth-order valence-electron chi connectivity index (χ4n) is 2.84. The highest BCUT2D eigenvalue weighted by molar-refractivity contribution is 7.89. The summed E-state index contributed by atoms with van der Waals surface area (Å²) in [6, 6.07) is 12.7. The number of rotatable bonds is 5. The Kier molecular flexibility index (Phi) is 6.33. The van der Waals surface area contributed by atoms with Crippen LogP contribution in [0.3, 0.4) is 0 Å². The van der Waals surface area contributed by atoms with E-state index < -0.39 is 21.8 Å². The summed E-state index contributed by atoms with van der Waals surface area (Å²) in [7, 11) is -3.47. The molecule has 2 aromatic carbocycles. The molecule has 1 aliphatic heterocycles. The third-order valence-electron chi connectivity index (χ3n) is 4.39. The van der Waals surface area contributed by atoms with Gasteiger partial charge in [0.05, 0.1) is 4.90 Å². The molecule has 0 unspecified atom stereocenters. The van der Waals surface area contributed by atoms with E-state index in [4.69, 9.17) is 11.6 Å². The van der Waals surface area contributed by atoms with Crippen molar-refractivity contribution in [3.8, 4) is 0 Å². The number of sulfonamides is 1. The van der Waals surface area contributed by atoms with Gasteiger partial charge in [0.1, 0.15) is 0 Å². The Morgan fingerprint density at radius 3 is 2.14 bits per heavy atom. The van der Waals surface area contributed by atoms with E-state index in [2.05, 4.69) is 10.6 Å². The van der Waals surface area contributed by atoms with Crippen molar-refractivity contribution in [3.05, 3.63) is 59.1 Å². The average molecular weight is 422 g/mol. The van der Waals surface area contributed by atoms with Crippen molar-refractivity contribution in [2.75, 3.05) is 18.4 Å². The van der Waals surface area contributed by atoms with E-state index in [1.807, 2.05) is 0 Å². The second-order valence-electron chi connectivity index (χ2n) is 6.40. The molecule has 28 heavy (non-hydrogen) atoms. The summed E-state index contributed by atoms with van der Waals surface area (Å²) in [4.78, 5) is 24.1. The molecule has 2 amide bonds. The first-order chi connectivity index (χ1) is 13.4. The van der Waals surface area contributed by atoms with Crippen LogP contribution >= 0.6 is 11.6 Å². The first kappa shape index (κ1) is 20.3. The first-order valence-electron chi connectivity index (χ1n) is 8.80. The molecule has 0 aliphatic carbocycles. The molecule has 0 radical (unpaired) electrons. The van der Waals surface area contributed by atoms with E-state index in [1.54, 1.807) is 36.4 Å². The predicted molar refractivity (Wildman–Crippen MR) is 106 cm³/mol. The third-order valence-corrected chi connectivity index (χ3v) is 6.55. The van der Waals surface area contributed by atoms with Crippen LogP contribution in [-0.2, 0) is 26.2 Å². The van der Waals surface area contributed by atoms with Crippen molar-refractivity contribution in [3.63, 3.8) is 0 Å². The number of nitrogens with zero attached hydrogens (tertiary/aromatic N) is 1. The normalized spacial score (nSPS) is 14.6. The van der Waals surface area contributed by atoms with Crippen molar-refractivity contribution in [2.45, 2.75) is 24.3 Å². The Labute approximate surface area is 168 Å². The molecular weight excluding hydrogens is 402 g/mol. The van der Waals surface area contributed by atoms with Crippen LogP contribution in [-0.4, -0.2) is 37.6 Å². The lowest BCUT2D eigenvalue weighted by Gasteiger charge is -2.15. The van der Waals surface area contributed by atoms with Crippen molar-refractivity contribution < 1.29 is 18.0 Å². The first-order valence-corrected chi connectivity index (χ1v) is 10.6. The maximum Gasteiger partial charge on any atom is 0.313 e. The fourth-order valence-corrected chi connectivity index (χ4v) is 4.48. The van der Waals surface area contributed by atoms with E-state index in [1.165, 1.54) is 16.4 Å². The molecule has 1 saturated heterocycles. The number of amides is 2. The van der Waals surface area contributed by atoms with Gasteiger partial charge in [-0.05, 0) is 54.8 Å². The summed E-state index contributed by atoms with van der Waals surface area (Å²) in [6.07, 6.45) is 1.75. The molecule has 1 heterocycles. The van der Waals surface area contributed by atoms with Gasteiger partial charge < -0.3 is 10.6 Å². The van der Waals surface area contributed by atoms with Crippen molar-refractivity contribution in [1.29, 1.82) is 0 Å². The highest BCUT2D eigenvalue weighted by Gasteiger charge is 2.26. The van der Waals surface area contributed by atoms with Crippen LogP contribution in [0.1, 0.15) is 18.4 Å². The van der Waals surface area contributed by atoms with Gasteiger partial charge in [0.2, 0.25) is 10.0 Å². The van der Waals surface area contributed by atoms with Gasteiger partial charge in [-0.3, -0.25) is 9.59 Å². The third kappa shape index (κ3) is 4.89. The monoisotopic (exact) mass is 421 g/mol. The van der Waals surface area contributed by atoms with Gasteiger partial charge in [-0.2, -0.15) is 4.31 Å². The molecule has 0 atom stereocenters. The SMILES string of the molecule is O=C(NCc1ccc(S(=O)(=O)N2CCCC2)cc1)C(=O)Nc1ccc(Cl)cc1. The standard InChI is InChI=1S/C19H20ClN3O4S/c20-15-5-7-16(8-6-15)22-19(25)18(24)21-13-14-3-9-17(10-4-14)28(26,27)23-11-1-2-12-23/h3-10H,1-2,11-13H2,(H,21,24)(H,22,25). The molecule has 0 bridgehead atoms. The van der Waals surface area contributed by atoms with E-state index in [9.17, 15) is 18.0 Å². The lowest BCUT2D eigenvalue weighted by molar-refractivity contribution is -0.136. The Balaban J connectivity index is 1.54. The summed E-state index contributed by atoms with van der Waals surface area (Å²) in [6.45, 7) is 1.20. The van der Waals surface area contributed by atoms with Gasteiger partial charge in [-0.15, -0.1) is 0 Å². The Hall–Kier alpha value is -2.42. The van der Waals surface area contributed by atoms with E-state index in [0.717, 1.165) is 12.8 Å². The molecule has 7 nitrogen and oxygen atoms in total. The van der Waals surface area contributed by atoms with Gasteiger partial charge in [-0.25, -0.2) is 8.42 Å². The van der Waals surface area contributed by atoms with Gasteiger partial charge in [0, 0.05) is 30.3 Å². The van der Waals surface area contributed by atoms with Crippen LogP contribution in [0.25, 0.3) is 0 Å². The second kappa shape index (κ2) is 8.72. The Morgan fingerprint density at radius 2 is 1.54 bits per heavy atom. The highest BCUT2D eigenvalue weighted by atomic mass is 35.5. The minimum atomic E-state index is -3.47. The number of halogens is 1. The lowest BCUT2D eigenvalue weighted by atomic mass is 10.2. The van der Waals surface area contributed by atoms with Crippen LogP contribution in [0, 0.1) is 0 Å². The smallest absolute Gasteiger partial charge is 0.313 e. The van der Waals surface area contributed by atoms with Crippen molar-refractivity contribution in [2.24, 2.45) is 0 Å². The highest BCUT2D eigenvalue weighted by Crippen LogP contribution is 2.21. The molecule has 2 aromatic rings. The van der Waals surface area contributed by atoms with Gasteiger partial charge in [-0.1, -0.05) is 23.7 Å². The maximum atomic E-state index is 12.5. The van der Waals surface area contributed by atoms with Crippen LogP contribution in [0.15, 0.2) is 53.4 Å². The summed E-state index contributed by atoms with van der Waals surface area (Å²) in [5.74, 6) is -1.58. The molecule has 1 aliphatic rings. The Morgan fingerprint density at radius 1 is 0.929 bits per heavy atom. The zero-order valence-corrected chi connectivity index (χ0v) is 16.6. The summed E-state index contributed by atoms with van der Waals surface area (Å²) in [5, 5.41) is 5.50. The van der Waals surface area contributed by atoms with E-state index in [-0.39, 0.29) is 11.4 Å². The van der Waals surface area contributed by atoms with Gasteiger partial charge in [0.15, 0.2) is 0 Å². The summed E-state index contributed by atoms with van der Waals surface area (Å²) < 4.78 is 26.5.